The highest BCUT2D eigenvalue weighted by atomic mass is 16.8. The van der Waals surface area contributed by atoms with Gasteiger partial charge in [0.2, 0.25) is 0 Å². The minimum Gasteiger partial charge on any atom is -0.390 e. The SMILES string of the molecule is N[C@@]12OC[C@@H](O1)[C@@H](O)C[C@@H]2O. The number of hydrogen-bond donors (Lipinski definition) is 3. The lowest BCUT2D eigenvalue weighted by Gasteiger charge is -2.34. The topological polar surface area (TPSA) is 84.9 Å². The molecular formula is C6H11NO4. The van der Waals surface area contributed by atoms with Gasteiger partial charge >= 0.3 is 0 Å². The Bertz CT molecular complexity index is 176. The minimum atomic E-state index is -1.37. The second-order valence-electron chi connectivity index (χ2n) is 3.01. The highest BCUT2D eigenvalue weighted by Crippen LogP contribution is 2.32. The van der Waals surface area contributed by atoms with Crippen molar-refractivity contribution in [1.82, 2.24) is 0 Å². The molecule has 0 aliphatic carbocycles. The van der Waals surface area contributed by atoms with Crippen LogP contribution >= 0.6 is 0 Å². The van der Waals surface area contributed by atoms with Crippen LogP contribution in [0.2, 0.25) is 0 Å². The van der Waals surface area contributed by atoms with E-state index in [9.17, 15) is 10.2 Å². The highest BCUT2D eigenvalue weighted by molar-refractivity contribution is 4.91. The van der Waals surface area contributed by atoms with E-state index in [0.717, 1.165) is 0 Å². The second kappa shape index (κ2) is 2.15. The predicted octanol–water partition coefficient (Wildman–Crippen LogP) is -1.86. The zero-order valence-electron chi connectivity index (χ0n) is 5.93. The predicted molar refractivity (Wildman–Crippen MR) is 34.4 cm³/mol. The van der Waals surface area contributed by atoms with Crippen molar-refractivity contribution in [2.45, 2.75) is 30.6 Å². The van der Waals surface area contributed by atoms with Gasteiger partial charge in [0.1, 0.15) is 12.2 Å². The van der Waals surface area contributed by atoms with Crippen molar-refractivity contribution in [2.75, 3.05) is 6.61 Å². The number of aliphatic hydroxyl groups excluding tert-OH is 2. The lowest BCUT2D eigenvalue weighted by atomic mass is 10.0. The summed E-state index contributed by atoms with van der Waals surface area (Å²) in [6, 6.07) is 0. The Balaban J connectivity index is 2.19. The van der Waals surface area contributed by atoms with Crippen LogP contribution in [0.5, 0.6) is 0 Å². The molecule has 0 amide bonds. The van der Waals surface area contributed by atoms with E-state index in [0.29, 0.717) is 0 Å². The molecule has 4 N–H and O–H groups in total. The molecule has 0 unspecified atom stereocenters. The van der Waals surface area contributed by atoms with Crippen LogP contribution in [0.4, 0.5) is 0 Å². The van der Waals surface area contributed by atoms with Gasteiger partial charge in [-0.15, -0.1) is 0 Å². The summed E-state index contributed by atoms with van der Waals surface area (Å²) >= 11 is 0. The van der Waals surface area contributed by atoms with Crippen molar-refractivity contribution in [3.05, 3.63) is 0 Å². The van der Waals surface area contributed by atoms with E-state index in [1.54, 1.807) is 0 Å². The van der Waals surface area contributed by atoms with Crippen LogP contribution in [-0.4, -0.2) is 41.0 Å². The van der Waals surface area contributed by atoms with Gasteiger partial charge in [-0.1, -0.05) is 0 Å². The first kappa shape index (κ1) is 7.45. The van der Waals surface area contributed by atoms with Gasteiger partial charge in [-0.05, 0) is 0 Å². The van der Waals surface area contributed by atoms with Crippen molar-refractivity contribution < 1.29 is 19.7 Å². The number of nitrogens with two attached hydrogens (primary N) is 1. The molecule has 5 heteroatoms. The van der Waals surface area contributed by atoms with Crippen molar-refractivity contribution in [1.29, 1.82) is 0 Å². The van der Waals surface area contributed by atoms with E-state index >= 15 is 0 Å². The van der Waals surface area contributed by atoms with Crippen molar-refractivity contribution >= 4 is 0 Å². The molecule has 2 bridgehead atoms. The van der Waals surface area contributed by atoms with Crippen LogP contribution in [0, 0.1) is 0 Å². The number of fused-ring (bicyclic) bond motifs is 2. The first-order valence-electron chi connectivity index (χ1n) is 3.58. The van der Waals surface area contributed by atoms with Crippen LogP contribution in [0.15, 0.2) is 0 Å². The normalized spacial score (nSPS) is 56.5. The Morgan fingerprint density at radius 3 is 2.91 bits per heavy atom. The van der Waals surface area contributed by atoms with Crippen molar-refractivity contribution in [3.8, 4) is 0 Å². The molecule has 64 valence electrons. The lowest BCUT2D eigenvalue weighted by Crippen LogP contribution is -2.57. The van der Waals surface area contributed by atoms with Gasteiger partial charge in [0, 0.05) is 6.42 Å². The summed E-state index contributed by atoms with van der Waals surface area (Å²) in [5.41, 5.74) is 5.50. The Morgan fingerprint density at radius 1 is 1.45 bits per heavy atom. The van der Waals surface area contributed by atoms with Crippen molar-refractivity contribution in [3.63, 3.8) is 0 Å². The van der Waals surface area contributed by atoms with E-state index < -0.39 is 18.1 Å². The zero-order valence-corrected chi connectivity index (χ0v) is 5.93. The highest BCUT2D eigenvalue weighted by Gasteiger charge is 2.52. The quantitative estimate of drug-likeness (QED) is 0.388. The lowest BCUT2D eigenvalue weighted by molar-refractivity contribution is -0.259. The fraction of sp³-hybridized carbons (Fsp3) is 1.00. The molecule has 0 aromatic heterocycles. The number of hydrogen-bond acceptors (Lipinski definition) is 5. The third-order valence-electron chi connectivity index (χ3n) is 2.17. The molecule has 0 spiro atoms. The Kier molecular flexibility index (Phi) is 1.45. The average Bonchev–Trinajstić information content (AvgIpc) is 2.28. The van der Waals surface area contributed by atoms with Crippen LogP contribution in [0.1, 0.15) is 6.42 Å². The molecule has 4 atom stereocenters. The first-order chi connectivity index (χ1) is 5.12. The van der Waals surface area contributed by atoms with E-state index in [2.05, 4.69) is 0 Å². The molecular weight excluding hydrogens is 150 g/mol. The Morgan fingerprint density at radius 2 is 2.18 bits per heavy atom. The number of aliphatic hydroxyl groups is 2. The molecule has 2 aliphatic heterocycles. The standard InChI is InChI=1S/C6H11NO4/c7-6-5(9)1-3(8)4(11-6)2-10-6/h3-5,8-9H,1-2,7H2/t3-,4+,5-,6-/m0/s1. The maximum atomic E-state index is 9.29. The number of ether oxygens (including phenoxy) is 2. The summed E-state index contributed by atoms with van der Waals surface area (Å²) in [5.74, 6) is -1.37. The van der Waals surface area contributed by atoms with Crippen LogP contribution in [-0.2, 0) is 9.47 Å². The monoisotopic (exact) mass is 161 g/mol. The average molecular weight is 161 g/mol. The maximum Gasteiger partial charge on any atom is 0.252 e. The fourth-order valence-electron chi connectivity index (χ4n) is 1.43. The van der Waals surface area contributed by atoms with Gasteiger partial charge in [0.25, 0.3) is 5.91 Å². The molecule has 2 heterocycles. The van der Waals surface area contributed by atoms with Crippen LogP contribution < -0.4 is 5.73 Å². The fourth-order valence-corrected chi connectivity index (χ4v) is 1.43. The molecule has 5 nitrogen and oxygen atoms in total. The summed E-state index contributed by atoms with van der Waals surface area (Å²) in [4.78, 5) is 0. The zero-order chi connectivity index (χ0) is 8.06. The van der Waals surface area contributed by atoms with Gasteiger partial charge in [-0.3, -0.25) is 5.73 Å². The largest absolute Gasteiger partial charge is 0.390 e. The van der Waals surface area contributed by atoms with Gasteiger partial charge in [-0.25, -0.2) is 0 Å². The van der Waals surface area contributed by atoms with E-state index in [-0.39, 0.29) is 19.1 Å². The summed E-state index contributed by atoms with van der Waals surface area (Å²) in [6.45, 7) is 0.259. The van der Waals surface area contributed by atoms with E-state index in [1.807, 2.05) is 0 Å². The van der Waals surface area contributed by atoms with Crippen molar-refractivity contribution in [2.24, 2.45) is 5.73 Å². The molecule has 2 rings (SSSR count). The summed E-state index contributed by atoms with van der Waals surface area (Å²) < 4.78 is 10.1. The minimum absolute atomic E-state index is 0.223. The summed E-state index contributed by atoms with van der Waals surface area (Å²) in [5, 5.41) is 18.6. The van der Waals surface area contributed by atoms with E-state index in [4.69, 9.17) is 15.2 Å². The molecule has 2 fully saturated rings. The smallest absolute Gasteiger partial charge is 0.252 e. The van der Waals surface area contributed by atoms with E-state index in [1.165, 1.54) is 0 Å². The number of rotatable bonds is 0. The summed E-state index contributed by atoms with van der Waals surface area (Å²) in [7, 11) is 0. The second-order valence-corrected chi connectivity index (χ2v) is 3.01. The molecule has 11 heavy (non-hydrogen) atoms. The molecule has 0 radical (unpaired) electrons. The van der Waals surface area contributed by atoms with Gasteiger partial charge in [0.05, 0.1) is 12.7 Å². The third kappa shape index (κ3) is 0.969. The van der Waals surface area contributed by atoms with Gasteiger partial charge in [0.15, 0.2) is 0 Å². The van der Waals surface area contributed by atoms with Gasteiger partial charge in [-0.2, -0.15) is 0 Å². The first-order valence-corrected chi connectivity index (χ1v) is 3.58. The molecule has 2 aliphatic rings. The molecule has 0 saturated carbocycles. The van der Waals surface area contributed by atoms with Crippen LogP contribution in [0.3, 0.4) is 0 Å². The van der Waals surface area contributed by atoms with Gasteiger partial charge < -0.3 is 19.7 Å². The Labute approximate surface area is 63.7 Å². The summed E-state index contributed by atoms with van der Waals surface area (Å²) in [6.07, 6.45) is -1.75. The third-order valence-corrected chi connectivity index (χ3v) is 2.17. The molecule has 0 aromatic rings. The molecule has 2 saturated heterocycles. The van der Waals surface area contributed by atoms with Crippen LogP contribution in [0.25, 0.3) is 0 Å². The Hall–Kier alpha value is -0.200. The molecule has 0 aromatic carbocycles. The maximum absolute atomic E-state index is 9.29.